The Labute approximate surface area is 324 Å². The normalized spacial score (nSPS) is 11.6. The lowest BCUT2D eigenvalue weighted by atomic mass is 10.0. The third-order valence-corrected chi connectivity index (χ3v) is 10.1. The lowest BCUT2D eigenvalue weighted by Gasteiger charge is -2.07. The van der Waals surface area contributed by atoms with Gasteiger partial charge in [-0.25, -0.2) is 9.97 Å². The molecule has 56 heavy (non-hydrogen) atoms. The Morgan fingerprint density at radius 1 is 0.375 bits per heavy atom. The Bertz CT molecular complexity index is 3040. The molecule has 0 saturated heterocycles. The van der Waals surface area contributed by atoms with Crippen LogP contribution in [0.25, 0.3) is 90.9 Å². The summed E-state index contributed by atoms with van der Waals surface area (Å²) in [5, 5.41) is 0. The first-order valence-electron chi connectivity index (χ1n) is 18.6. The summed E-state index contributed by atoms with van der Waals surface area (Å²) in [6.45, 7) is 0. The van der Waals surface area contributed by atoms with Crippen molar-refractivity contribution in [2.45, 2.75) is 0 Å². The van der Waals surface area contributed by atoms with Crippen LogP contribution in [0.15, 0.2) is 164 Å². The zero-order valence-electron chi connectivity index (χ0n) is 30.2. The molecule has 262 valence electrons. The molecule has 5 nitrogen and oxygen atoms in total. The van der Waals surface area contributed by atoms with Crippen molar-refractivity contribution in [3.05, 3.63) is 198 Å². The lowest BCUT2D eigenvalue weighted by molar-refractivity contribution is 1.31. The summed E-state index contributed by atoms with van der Waals surface area (Å²) in [5.74, 6) is 6.95. The number of fused-ring (bicyclic) bond motifs is 8. The summed E-state index contributed by atoms with van der Waals surface area (Å²) in [5.41, 5.74) is 17.0. The SMILES string of the molecule is C(#Cc1cc2[nH]c1c(-c1ccccc1)c1nc(c(-c3ccccc3)c3ccc([nH]3)c(-c3ccccc3)c3nc(c2-c2ccccc2)C=C3)C=C1)c1ccncc1. The van der Waals surface area contributed by atoms with Gasteiger partial charge in [0, 0.05) is 56.8 Å². The van der Waals surface area contributed by atoms with E-state index in [1.165, 1.54) is 0 Å². The van der Waals surface area contributed by atoms with Crippen molar-refractivity contribution in [1.29, 1.82) is 0 Å². The lowest BCUT2D eigenvalue weighted by Crippen LogP contribution is -1.90. The molecule has 2 N–H and O–H groups in total. The second kappa shape index (κ2) is 14.2. The number of H-pyrrole nitrogens is 2. The fraction of sp³-hybridized carbons (Fsp3) is 0. The summed E-state index contributed by atoms with van der Waals surface area (Å²) in [4.78, 5) is 22.8. The molecular weight excluding hydrogens is 683 g/mol. The van der Waals surface area contributed by atoms with Gasteiger partial charge in [-0.3, -0.25) is 4.98 Å². The van der Waals surface area contributed by atoms with Gasteiger partial charge in [0.2, 0.25) is 0 Å². The van der Waals surface area contributed by atoms with Crippen LogP contribution in [0.2, 0.25) is 0 Å². The van der Waals surface area contributed by atoms with Gasteiger partial charge in [0.25, 0.3) is 0 Å². The zero-order valence-corrected chi connectivity index (χ0v) is 30.2. The van der Waals surface area contributed by atoms with Crippen LogP contribution in [0.1, 0.15) is 33.9 Å². The Balaban J connectivity index is 1.42. The van der Waals surface area contributed by atoms with Gasteiger partial charge in [0.05, 0.1) is 33.9 Å². The van der Waals surface area contributed by atoms with Crippen molar-refractivity contribution in [3.8, 4) is 56.3 Å². The quantitative estimate of drug-likeness (QED) is 0.178. The number of hydrogen-bond donors (Lipinski definition) is 2. The van der Waals surface area contributed by atoms with E-state index in [1.54, 1.807) is 12.4 Å². The first-order valence-corrected chi connectivity index (χ1v) is 18.6. The van der Waals surface area contributed by atoms with Gasteiger partial charge in [0.15, 0.2) is 0 Å². The highest BCUT2D eigenvalue weighted by Crippen LogP contribution is 2.39. The number of rotatable bonds is 4. The molecule has 0 aliphatic carbocycles. The molecule has 0 atom stereocenters. The number of aromatic amines is 2. The third kappa shape index (κ3) is 6.12. The number of nitrogens with zero attached hydrogens (tertiary/aromatic N) is 3. The maximum Gasteiger partial charge on any atom is 0.0737 e. The van der Waals surface area contributed by atoms with Crippen LogP contribution in [0.3, 0.4) is 0 Å². The van der Waals surface area contributed by atoms with Gasteiger partial charge < -0.3 is 9.97 Å². The predicted molar refractivity (Wildman–Crippen MR) is 231 cm³/mol. The molecule has 0 saturated carbocycles. The van der Waals surface area contributed by atoms with Gasteiger partial charge >= 0.3 is 0 Å². The summed E-state index contributed by atoms with van der Waals surface area (Å²) < 4.78 is 0. The van der Waals surface area contributed by atoms with E-state index in [0.29, 0.717) is 0 Å². The monoisotopic (exact) mass is 715 g/mol. The van der Waals surface area contributed by atoms with Crippen LogP contribution < -0.4 is 0 Å². The van der Waals surface area contributed by atoms with Crippen molar-refractivity contribution in [1.82, 2.24) is 24.9 Å². The van der Waals surface area contributed by atoms with E-state index in [1.807, 2.05) is 36.4 Å². The summed E-state index contributed by atoms with van der Waals surface area (Å²) in [7, 11) is 0. The van der Waals surface area contributed by atoms with E-state index in [9.17, 15) is 0 Å². The van der Waals surface area contributed by atoms with E-state index in [4.69, 9.17) is 9.97 Å². The standard InChI is InChI=1S/C51H33N5/c1-5-13-35(14-6-1)47-40-23-24-41(53-40)48(36-15-7-2-8-16-36)43-27-28-45(55-43)50(38-19-11-4-12-20-38)51-39(22-21-34-29-31-52-32-30-34)33-46(56-51)49(37-17-9-3-10-18-37)44-26-25-42(47)54-44/h1-20,23-33,53,56H. The molecule has 8 bridgehead atoms. The Kier molecular flexibility index (Phi) is 8.32. The molecule has 2 aliphatic rings. The highest BCUT2D eigenvalue weighted by Gasteiger charge is 2.20. The molecule has 0 fully saturated rings. The topological polar surface area (TPSA) is 70.2 Å². The summed E-state index contributed by atoms with van der Waals surface area (Å²) in [6.07, 6.45) is 12.0. The number of nitrogens with one attached hydrogen (secondary N) is 2. The van der Waals surface area contributed by atoms with E-state index in [2.05, 4.69) is 166 Å². The molecule has 4 aromatic carbocycles. The predicted octanol–water partition coefficient (Wildman–Crippen LogP) is 12.1. The molecule has 2 aliphatic heterocycles. The largest absolute Gasteiger partial charge is 0.354 e. The van der Waals surface area contributed by atoms with Crippen LogP contribution in [0, 0.1) is 11.8 Å². The van der Waals surface area contributed by atoms with Crippen LogP contribution in [0.4, 0.5) is 0 Å². The van der Waals surface area contributed by atoms with Gasteiger partial charge in [-0.05, 0) is 76.9 Å². The smallest absolute Gasteiger partial charge is 0.0737 e. The van der Waals surface area contributed by atoms with Crippen LogP contribution in [-0.4, -0.2) is 24.9 Å². The average molecular weight is 716 g/mol. The van der Waals surface area contributed by atoms with Crippen molar-refractivity contribution in [3.63, 3.8) is 0 Å². The van der Waals surface area contributed by atoms with Crippen molar-refractivity contribution >= 4 is 46.4 Å². The van der Waals surface area contributed by atoms with Crippen molar-refractivity contribution < 1.29 is 0 Å². The number of benzene rings is 4. The minimum absolute atomic E-state index is 0.838. The maximum atomic E-state index is 5.45. The van der Waals surface area contributed by atoms with E-state index in [-0.39, 0.29) is 0 Å². The van der Waals surface area contributed by atoms with E-state index in [0.717, 1.165) is 100 Å². The molecule has 0 spiro atoms. The highest BCUT2D eigenvalue weighted by molar-refractivity contribution is 6.01. The molecule has 0 amide bonds. The Morgan fingerprint density at radius 2 is 0.786 bits per heavy atom. The first-order chi connectivity index (χ1) is 27.8. The summed E-state index contributed by atoms with van der Waals surface area (Å²) in [6, 6.07) is 52.2. The van der Waals surface area contributed by atoms with Crippen molar-refractivity contribution in [2.24, 2.45) is 0 Å². The van der Waals surface area contributed by atoms with Crippen molar-refractivity contribution in [2.75, 3.05) is 0 Å². The van der Waals surface area contributed by atoms with Crippen LogP contribution >= 0.6 is 0 Å². The summed E-state index contributed by atoms with van der Waals surface area (Å²) >= 11 is 0. The van der Waals surface area contributed by atoms with Crippen LogP contribution in [-0.2, 0) is 0 Å². The maximum absolute atomic E-state index is 5.45. The fourth-order valence-electron chi connectivity index (χ4n) is 7.59. The molecule has 5 heteroatoms. The second-order valence-corrected chi connectivity index (χ2v) is 13.6. The van der Waals surface area contributed by atoms with E-state index < -0.39 is 0 Å². The Morgan fingerprint density at radius 3 is 1.25 bits per heavy atom. The number of hydrogen-bond acceptors (Lipinski definition) is 3. The number of aromatic nitrogens is 5. The fourth-order valence-corrected chi connectivity index (χ4v) is 7.59. The second-order valence-electron chi connectivity index (χ2n) is 13.6. The Hall–Kier alpha value is -7.81. The highest BCUT2D eigenvalue weighted by atomic mass is 14.8. The zero-order chi connectivity index (χ0) is 37.3. The molecule has 10 rings (SSSR count). The van der Waals surface area contributed by atoms with Gasteiger partial charge in [-0.15, -0.1) is 0 Å². The number of pyridine rings is 1. The molecule has 0 unspecified atom stereocenters. The molecule has 6 heterocycles. The first kappa shape index (κ1) is 32.8. The average Bonchev–Trinajstić information content (AvgIpc) is 4.10. The molecule has 8 aromatic rings. The minimum atomic E-state index is 0.838. The molecule has 0 radical (unpaired) electrons. The van der Waals surface area contributed by atoms with Gasteiger partial charge in [0.1, 0.15) is 0 Å². The molecular formula is C51H33N5. The van der Waals surface area contributed by atoms with E-state index >= 15 is 0 Å². The molecule has 4 aromatic heterocycles. The van der Waals surface area contributed by atoms with Crippen LogP contribution in [0.5, 0.6) is 0 Å². The van der Waals surface area contributed by atoms with Gasteiger partial charge in [-0.1, -0.05) is 133 Å². The minimum Gasteiger partial charge on any atom is -0.354 e. The van der Waals surface area contributed by atoms with Gasteiger partial charge in [-0.2, -0.15) is 0 Å². The third-order valence-electron chi connectivity index (χ3n) is 10.1.